The molecule has 0 fully saturated rings. The molecule has 0 radical (unpaired) electrons. The van der Waals surface area contributed by atoms with E-state index in [2.05, 4.69) is 311 Å². The molecule has 0 atom stereocenters. The molecular formula is C66H48N4. The third kappa shape index (κ3) is 8.04. The van der Waals surface area contributed by atoms with Crippen LogP contribution in [0.3, 0.4) is 0 Å². The second-order valence-corrected chi connectivity index (χ2v) is 17.4. The van der Waals surface area contributed by atoms with Gasteiger partial charge >= 0.3 is 0 Å². The van der Waals surface area contributed by atoms with Crippen LogP contribution in [0.25, 0.3) is 32.3 Å². The van der Waals surface area contributed by atoms with Gasteiger partial charge in [-0.1, -0.05) is 164 Å². The van der Waals surface area contributed by atoms with E-state index in [0.29, 0.717) is 0 Å². The van der Waals surface area contributed by atoms with E-state index in [-0.39, 0.29) is 0 Å². The van der Waals surface area contributed by atoms with Crippen molar-refractivity contribution < 1.29 is 0 Å². The maximum absolute atomic E-state index is 2.37. The Kier molecular flexibility index (Phi) is 11.2. The molecule has 0 unspecified atom stereocenters. The number of para-hydroxylation sites is 4. The Morgan fingerprint density at radius 3 is 0.800 bits per heavy atom. The van der Waals surface area contributed by atoms with E-state index in [0.717, 1.165) is 79.0 Å². The topological polar surface area (TPSA) is 13.0 Å². The van der Waals surface area contributed by atoms with Gasteiger partial charge in [-0.25, -0.2) is 0 Å². The minimum atomic E-state index is 1.07. The van der Waals surface area contributed by atoms with Crippen molar-refractivity contribution in [3.8, 4) is 0 Å². The lowest BCUT2D eigenvalue weighted by molar-refractivity contribution is 1.26. The van der Waals surface area contributed by atoms with Crippen LogP contribution in [0.15, 0.2) is 291 Å². The van der Waals surface area contributed by atoms with E-state index in [1.807, 2.05) is 0 Å². The summed E-state index contributed by atoms with van der Waals surface area (Å²) in [6.45, 7) is 0. The maximum Gasteiger partial charge on any atom is 0.0540 e. The Balaban J connectivity index is 0.930. The molecule has 12 rings (SSSR count). The zero-order chi connectivity index (χ0) is 46.6. The first-order chi connectivity index (χ1) is 34.7. The summed E-state index contributed by atoms with van der Waals surface area (Å²) in [5, 5.41) is 7.11. The Morgan fingerprint density at radius 2 is 0.414 bits per heavy atom. The molecule has 4 nitrogen and oxygen atoms in total. The Labute approximate surface area is 409 Å². The predicted molar refractivity (Wildman–Crippen MR) is 298 cm³/mol. The lowest BCUT2D eigenvalue weighted by Crippen LogP contribution is -2.13. The van der Waals surface area contributed by atoms with Crippen LogP contribution >= 0.6 is 0 Å². The van der Waals surface area contributed by atoms with Gasteiger partial charge in [-0.2, -0.15) is 0 Å². The summed E-state index contributed by atoms with van der Waals surface area (Å²) in [5.41, 5.74) is 13.1. The molecule has 0 aliphatic carbocycles. The SMILES string of the molecule is c1ccc(N(c2ccc(N(c3ccccc3)c3cccc4ccccc34)cc2)c2ccc3c(N(c4ccccc4)c4ccc(N(c5ccccc5)c5cccc6ccccc56)cc4)cccc3c2)cc1. The van der Waals surface area contributed by atoms with Gasteiger partial charge in [0, 0.05) is 67.3 Å². The van der Waals surface area contributed by atoms with E-state index in [1.165, 1.54) is 21.5 Å². The van der Waals surface area contributed by atoms with Crippen LogP contribution in [0.5, 0.6) is 0 Å². The molecule has 0 aromatic heterocycles. The summed E-state index contributed by atoms with van der Waals surface area (Å²) in [4.78, 5) is 9.43. The highest BCUT2D eigenvalue weighted by Gasteiger charge is 2.21. The molecule has 0 N–H and O–H groups in total. The smallest absolute Gasteiger partial charge is 0.0540 e. The normalized spacial score (nSPS) is 11.1. The van der Waals surface area contributed by atoms with Gasteiger partial charge in [0.1, 0.15) is 0 Å². The van der Waals surface area contributed by atoms with Gasteiger partial charge in [-0.05, 0) is 144 Å². The van der Waals surface area contributed by atoms with Gasteiger partial charge in [-0.15, -0.1) is 0 Å². The minimum Gasteiger partial charge on any atom is -0.310 e. The highest BCUT2D eigenvalue weighted by molar-refractivity contribution is 6.03. The molecule has 0 aliphatic heterocycles. The van der Waals surface area contributed by atoms with Gasteiger partial charge in [0.05, 0.1) is 17.1 Å². The van der Waals surface area contributed by atoms with Crippen molar-refractivity contribution in [1.82, 2.24) is 0 Å². The molecule has 332 valence electrons. The largest absolute Gasteiger partial charge is 0.310 e. The number of hydrogen-bond donors (Lipinski definition) is 0. The summed E-state index contributed by atoms with van der Waals surface area (Å²) < 4.78 is 0. The maximum atomic E-state index is 2.37. The first-order valence-corrected chi connectivity index (χ1v) is 23.8. The van der Waals surface area contributed by atoms with E-state index >= 15 is 0 Å². The van der Waals surface area contributed by atoms with Crippen molar-refractivity contribution in [3.05, 3.63) is 291 Å². The fourth-order valence-corrected chi connectivity index (χ4v) is 9.93. The summed E-state index contributed by atoms with van der Waals surface area (Å²) >= 11 is 0. The van der Waals surface area contributed by atoms with Crippen LogP contribution in [0, 0.1) is 0 Å². The van der Waals surface area contributed by atoms with Gasteiger partial charge < -0.3 is 19.6 Å². The third-order valence-electron chi connectivity index (χ3n) is 13.1. The first kappa shape index (κ1) is 42.0. The Morgan fingerprint density at radius 1 is 0.157 bits per heavy atom. The predicted octanol–water partition coefficient (Wildman–Crippen LogP) is 19.0. The van der Waals surface area contributed by atoms with Crippen LogP contribution < -0.4 is 19.6 Å². The van der Waals surface area contributed by atoms with Crippen LogP contribution in [-0.4, -0.2) is 0 Å². The monoisotopic (exact) mass is 896 g/mol. The van der Waals surface area contributed by atoms with Crippen molar-refractivity contribution >= 4 is 101 Å². The molecule has 0 heterocycles. The van der Waals surface area contributed by atoms with E-state index in [4.69, 9.17) is 0 Å². The average Bonchev–Trinajstić information content (AvgIpc) is 3.43. The first-order valence-electron chi connectivity index (χ1n) is 23.8. The van der Waals surface area contributed by atoms with E-state index in [9.17, 15) is 0 Å². The molecule has 0 saturated heterocycles. The lowest BCUT2D eigenvalue weighted by atomic mass is 10.0. The summed E-state index contributed by atoms with van der Waals surface area (Å²) in [5.74, 6) is 0. The van der Waals surface area contributed by atoms with E-state index in [1.54, 1.807) is 0 Å². The van der Waals surface area contributed by atoms with Crippen molar-refractivity contribution in [3.63, 3.8) is 0 Å². The third-order valence-corrected chi connectivity index (χ3v) is 13.1. The second-order valence-electron chi connectivity index (χ2n) is 17.4. The van der Waals surface area contributed by atoms with E-state index < -0.39 is 0 Å². The van der Waals surface area contributed by atoms with Crippen LogP contribution in [0.1, 0.15) is 0 Å². The molecule has 0 bridgehead atoms. The highest BCUT2D eigenvalue weighted by Crippen LogP contribution is 2.45. The van der Waals surface area contributed by atoms with Crippen LogP contribution in [0.4, 0.5) is 68.2 Å². The van der Waals surface area contributed by atoms with Gasteiger partial charge in [0.15, 0.2) is 0 Å². The van der Waals surface area contributed by atoms with Crippen molar-refractivity contribution in [2.45, 2.75) is 0 Å². The summed E-state index contributed by atoms with van der Waals surface area (Å²) in [6, 6.07) is 104. The summed E-state index contributed by atoms with van der Waals surface area (Å²) in [7, 11) is 0. The number of benzene rings is 12. The van der Waals surface area contributed by atoms with Crippen molar-refractivity contribution in [2.24, 2.45) is 0 Å². The highest BCUT2D eigenvalue weighted by atomic mass is 15.2. The number of rotatable bonds is 12. The molecule has 12 aromatic carbocycles. The zero-order valence-corrected chi connectivity index (χ0v) is 38.5. The Hall–Kier alpha value is -9.38. The molecule has 0 aliphatic rings. The van der Waals surface area contributed by atoms with Crippen LogP contribution in [-0.2, 0) is 0 Å². The Bertz CT molecular complexity index is 3700. The number of hydrogen-bond acceptors (Lipinski definition) is 4. The quantitative estimate of drug-likeness (QED) is 0.121. The van der Waals surface area contributed by atoms with Gasteiger partial charge in [0.2, 0.25) is 0 Å². The molecule has 0 saturated carbocycles. The fraction of sp³-hybridized carbons (Fsp3) is 0. The summed E-state index contributed by atoms with van der Waals surface area (Å²) in [6.07, 6.45) is 0. The number of anilines is 12. The number of fused-ring (bicyclic) bond motifs is 3. The molecule has 0 spiro atoms. The van der Waals surface area contributed by atoms with Crippen molar-refractivity contribution in [2.75, 3.05) is 19.6 Å². The van der Waals surface area contributed by atoms with Crippen LogP contribution in [0.2, 0.25) is 0 Å². The number of nitrogens with zero attached hydrogens (tertiary/aromatic N) is 4. The fourth-order valence-electron chi connectivity index (χ4n) is 9.93. The minimum absolute atomic E-state index is 1.07. The standard InChI is InChI=1S/C66H48N4/c1-5-25-52(26-6-1)67(56-38-40-57(41-39-56)68(53-27-7-2-8-28-53)64-35-17-22-49-20-13-15-33-61(49)64)60-46-47-63-51(48-60)24-19-37-66(63)70(55-31-11-4-12-32-55)59-44-42-58(43-45-59)69(54-29-9-3-10-30-54)65-36-18-23-50-21-14-16-34-62(50)65/h1-48H. The molecular weight excluding hydrogens is 849 g/mol. The van der Waals surface area contributed by atoms with Gasteiger partial charge in [0.25, 0.3) is 0 Å². The molecule has 4 heteroatoms. The average molecular weight is 897 g/mol. The molecule has 12 aromatic rings. The zero-order valence-electron chi connectivity index (χ0n) is 38.5. The molecule has 70 heavy (non-hydrogen) atoms. The lowest BCUT2D eigenvalue weighted by Gasteiger charge is -2.30. The van der Waals surface area contributed by atoms with Crippen molar-refractivity contribution in [1.29, 1.82) is 0 Å². The molecule has 0 amide bonds. The van der Waals surface area contributed by atoms with Gasteiger partial charge in [-0.3, -0.25) is 0 Å². The second kappa shape index (κ2) is 18.7.